The molecule has 2 N–H and O–H groups in total. The van der Waals surface area contributed by atoms with Gasteiger partial charge in [0.1, 0.15) is 0 Å². The number of aryl methyl sites for hydroxylation is 1. The standard InChI is InChI=1S/C18H19NO3S/c1-12-8-14(16(20)21)10-15(9-12)19-17(22)18(2,23)11-13-6-4-3-5-7-13/h3-10,23H,11H2,1-2H3,(H,19,22)(H,20,21). The molecule has 1 unspecified atom stereocenters. The molecule has 0 fully saturated rings. The van der Waals surface area contributed by atoms with Gasteiger partial charge in [-0.2, -0.15) is 12.6 Å². The summed E-state index contributed by atoms with van der Waals surface area (Å²) in [6, 6.07) is 14.4. The molecule has 2 rings (SSSR count). The molecule has 0 spiro atoms. The normalized spacial score (nSPS) is 13.2. The zero-order chi connectivity index (χ0) is 17.0. The van der Waals surface area contributed by atoms with E-state index in [0.29, 0.717) is 12.1 Å². The first kappa shape index (κ1) is 17.1. The lowest BCUT2D eigenvalue weighted by Gasteiger charge is -2.23. The van der Waals surface area contributed by atoms with Crippen LogP contribution in [0.3, 0.4) is 0 Å². The lowest BCUT2D eigenvalue weighted by atomic mass is 9.99. The summed E-state index contributed by atoms with van der Waals surface area (Å²) in [6.07, 6.45) is 0.473. The minimum Gasteiger partial charge on any atom is -0.478 e. The van der Waals surface area contributed by atoms with Gasteiger partial charge in [0, 0.05) is 5.69 Å². The maximum atomic E-state index is 12.5. The Kier molecular flexibility index (Phi) is 5.11. The number of hydrogen-bond acceptors (Lipinski definition) is 3. The Morgan fingerprint density at radius 2 is 1.83 bits per heavy atom. The first-order valence-electron chi connectivity index (χ1n) is 7.21. The van der Waals surface area contributed by atoms with Crippen molar-refractivity contribution in [3.63, 3.8) is 0 Å². The van der Waals surface area contributed by atoms with Gasteiger partial charge in [0.15, 0.2) is 0 Å². The van der Waals surface area contributed by atoms with Gasteiger partial charge in [0.25, 0.3) is 0 Å². The predicted molar refractivity (Wildman–Crippen MR) is 94.3 cm³/mol. The third kappa shape index (κ3) is 4.60. The second kappa shape index (κ2) is 6.87. The van der Waals surface area contributed by atoms with Crippen molar-refractivity contribution in [2.45, 2.75) is 25.0 Å². The van der Waals surface area contributed by atoms with Crippen molar-refractivity contribution >= 4 is 30.2 Å². The van der Waals surface area contributed by atoms with Crippen LogP contribution >= 0.6 is 12.6 Å². The first-order valence-corrected chi connectivity index (χ1v) is 7.65. The van der Waals surface area contributed by atoms with Crippen LogP contribution in [0, 0.1) is 6.92 Å². The maximum absolute atomic E-state index is 12.5. The number of aromatic carboxylic acids is 1. The fraction of sp³-hybridized carbons (Fsp3) is 0.222. The zero-order valence-corrected chi connectivity index (χ0v) is 13.9. The van der Waals surface area contributed by atoms with E-state index in [1.165, 1.54) is 6.07 Å². The Bertz CT molecular complexity index is 726. The monoisotopic (exact) mass is 329 g/mol. The first-order chi connectivity index (χ1) is 10.8. The highest BCUT2D eigenvalue weighted by molar-refractivity contribution is 7.82. The molecule has 2 aromatic rings. The Balaban J connectivity index is 2.16. The number of carbonyl (C=O) groups excluding carboxylic acids is 1. The highest BCUT2D eigenvalue weighted by Gasteiger charge is 2.29. The second-order valence-electron chi connectivity index (χ2n) is 5.78. The molecule has 1 atom stereocenters. The molecule has 1 amide bonds. The van der Waals surface area contributed by atoms with Crippen LogP contribution in [0.2, 0.25) is 0 Å². The highest BCUT2D eigenvalue weighted by atomic mass is 32.1. The SMILES string of the molecule is Cc1cc(NC(=O)C(C)(S)Cc2ccccc2)cc(C(=O)O)c1. The highest BCUT2D eigenvalue weighted by Crippen LogP contribution is 2.23. The molecular weight excluding hydrogens is 310 g/mol. The molecule has 5 heteroatoms. The van der Waals surface area contributed by atoms with Crippen LogP contribution in [-0.4, -0.2) is 21.7 Å². The molecule has 23 heavy (non-hydrogen) atoms. The van der Waals surface area contributed by atoms with Gasteiger partial charge in [-0.3, -0.25) is 4.79 Å². The Morgan fingerprint density at radius 3 is 2.43 bits per heavy atom. The Morgan fingerprint density at radius 1 is 1.17 bits per heavy atom. The summed E-state index contributed by atoms with van der Waals surface area (Å²) in [5.74, 6) is -1.30. The topological polar surface area (TPSA) is 66.4 Å². The minimum absolute atomic E-state index is 0.143. The van der Waals surface area contributed by atoms with E-state index in [1.807, 2.05) is 30.3 Å². The third-order valence-electron chi connectivity index (χ3n) is 3.46. The summed E-state index contributed by atoms with van der Waals surface area (Å²) >= 11 is 4.49. The molecule has 120 valence electrons. The van der Waals surface area contributed by atoms with E-state index in [0.717, 1.165) is 11.1 Å². The molecule has 0 aliphatic carbocycles. The van der Waals surface area contributed by atoms with Crippen molar-refractivity contribution in [3.05, 3.63) is 65.2 Å². The molecule has 0 saturated heterocycles. The van der Waals surface area contributed by atoms with Gasteiger partial charge in [0.05, 0.1) is 10.3 Å². The number of carboxylic acid groups (broad SMARTS) is 1. The van der Waals surface area contributed by atoms with Crippen molar-refractivity contribution in [1.82, 2.24) is 0 Å². The summed E-state index contributed by atoms with van der Waals surface area (Å²) in [7, 11) is 0. The van der Waals surface area contributed by atoms with Gasteiger partial charge in [-0.05, 0) is 49.6 Å². The predicted octanol–water partition coefficient (Wildman–Crippen LogP) is 3.56. The number of thiol groups is 1. The van der Waals surface area contributed by atoms with Gasteiger partial charge >= 0.3 is 5.97 Å². The van der Waals surface area contributed by atoms with Gasteiger partial charge in [-0.1, -0.05) is 30.3 Å². The number of rotatable bonds is 5. The summed E-state index contributed by atoms with van der Waals surface area (Å²) in [4.78, 5) is 23.6. The van der Waals surface area contributed by atoms with Crippen LogP contribution in [0.25, 0.3) is 0 Å². The fourth-order valence-corrected chi connectivity index (χ4v) is 2.56. The number of nitrogens with one attached hydrogen (secondary N) is 1. The van der Waals surface area contributed by atoms with Gasteiger partial charge < -0.3 is 10.4 Å². The summed E-state index contributed by atoms with van der Waals surface area (Å²) in [5, 5.41) is 11.9. The number of benzene rings is 2. The van der Waals surface area contributed by atoms with E-state index in [9.17, 15) is 9.59 Å². The van der Waals surface area contributed by atoms with Crippen LogP contribution < -0.4 is 5.32 Å². The fourth-order valence-electron chi connectivity index (χ4n) is 2.32. The molecule has 0 heterocycles. The average molecular weight is 329 g/mol. The van der Waals surface area contributed by atoms with Gasteiger partial charge in [-0.15, -0.1) is 0 Å². The van der Waals surface area contributed by atoms with E-state index in [4.69, 9.17) is 5.11 Å². The van der Waals surface area contributed by atoms with Gasteiger partial charge in [-0.25, -0.2) is 4.79 Å². The van der Waals surface area contributed by atoms with Crippen molar-refractivity contribution < 1.29 is 14.7 Å². The number of hydrogen-bond donors (Lipinski definition) is 3. The third-order valence-corrected chi connectivity index (χ3v) is 3.82. The summed E-state index contributed by atoms with van der Waals surface area (Å²) < 4.78 is -0.908. The number of carboxylic acids is 1. The Labute approximate surface area is 141 Å². The quantitative estimate of drug-likeness (QED) is 0.735. The van der Waals surface area contributed by atoms with Crippen molar-refractivity contribution in [2.24, 2.45) is 0 Å². The maximum Gasteiger partial charge on any atom is 0.335 e. The molecule has 0 aliphatic rings. The van der Waals surface area contributed by atoms with Crippen LogP contribution in [0.1, 0.15) is 28.4 Å². The van der Waals surface area contributed by atoms with E-state index >= 15 is 0 Å². The molecular formula is C18H19NO3S. The molecule has 0 saturated carbocycles. The minimum atomic E-state index is -1.03. The van der Waals surface area contributed by atoms with E-state index in [1.54, 1.807) is 26.0 Å². The smallest absolute Gasteiger partial charge is 0.335 e. The molecule has 4 nitrogen and oxygen atoms in total. The molecule has 0 radical (unpaired) electrons. The summed E-state index contributed by atoms with van der Waals surface area (Å²) in [5.41, 5.74) is 2.38. The van der Waals surface area contributed by atoms with Crippen molar-refractivity contribution in [2.75, 3.05) is 5.32 Å². The molecule has 0 aromatic heterocycles. The molecule has 2 aromatic carbocycles. The van der Waals surface area contributed by atoms with Crippen LogP contribution in [-0.2, 0) is 11.2 Å². The second-order valence-corrected chi connectivity index (χ2v) is 6.77. The molecule has 0 aliphatic heterocycles. The lowest BCUT2D eigenvalue weighted by molar-refractivity contribution is -0.118. The van der Waals surface area contributed by atoms with Gasteiger partial charge in [0.2, 0.25) is 5.91 Å². The molecule has 0 bridgehead atoms. The number of amides is 1. The van der Waals surface area contributed by atoms with Crippen LogP contribution in [0.5, 0.6) is 0 Å². The van der Waals surface area contributed by atoms with E-state index in [2.05, 4.69) is 17.9 Å². The number of anilines is 1. The van der Waals surface area contributed by atoms with Crippen LogP contribution in [0.4, 0.5) is 5.69 Å². The summed E-state index contributed by atoms with van der Waals surface area (Å²) in [6.45, 7) is 3.53. The average Bonchev–Trinajstić information content (AvgIpc) is 2.47. The largest absolute Gasteiger partial charge is 0.478 e. The lowest BCUT2D eigenvalue weighted by Crippen LogP contribution is -2.37. The van der Waals surface area contributed by atoms with Crippen molar-refractivity contribution in [3.8, 4) is 0 Å². The Hall–Kier alpha value is -2.27. The van der Waals surface area contributed by atoms with E-state index in [-0.39, 0.29) is 11.5 Å². The zero-order valence-electron chi connectivity index (χ0n) is 13.0. The van der Waals surface area contributed by atoms with Crippen LogP contribution in [0.15, 0.2) is 48.5 Å². The number of carbonyl (C=O) groups is 2. The van der Waals surface area contributed by atoms with E-state index < -0.39 is 10.7 Å². The van der Waals surface area contributed by atoms with Crippen molar-refractivity contribution in [1.29, 1.82) is 0 Å².